The van der Waals surface area contributed by atoms with Crippen molar-refractivity contribution in [2.75, 3.05) is 11.9 Å². The number of nitrogens with one attached hydrogen (secondary N) is 1. The minimum Gasteiger partial charge on any atom is -0.449 e. The second kappa shape index (κ2) is 10.5. The number of aryl methyl sites for hydroxylation is 2. The van der Waals surface area contributed by atoms with E-state index < -0.39 is 12.1 Å². The van der Waals surface area contributed by atoms with E-state index in [1.807, 2.05) is 74.5 Å². The van der Waals surface area contributed by atoms with Gasteiger partial charge in [0.05, 0.1) is 11.1 Å². The fourth-order valence-electron chi connectivity index (χ4n) is 4.83. The van der Waals surface area contributed by atoms with Gasteiger partial charge < -0.3 is 10.1 Å². The predicted molar refractivity (Wildman–Crippen MR) is 145 cm³/mol. The highest BCUT2D eigenvalue weighted by Gasteiger charge is 2.29. The van der Waals surface area contributed by atoms with Crippen molar-refractivity contribution in [3.05, 3.63) is 106 Å². The van der Waals surface area contributed by atoms with Gasteiger partial charge in [-0.3, -0.25) is 14.7 Å². The van der Waals surface area contributed by atoms with E-state index >= 15 is 0 Å². The Morgan fingerprint density at radius 3 is 2.59 bits per heavy atom. The molecule has 1 aromatic heterocycles. The molecule has 0 saturated carbocycles. The van der Waals surface area contributed by atoms with Gasteiger partial charge in [0.15, 0.2) is 6.10 Å². The molecule has 0 radical (unpaired) electrons. The van der Waals surface area contributed by atoms with Crippen molar-refractivity contribution in [2.45, 2.75) is 46.4 Å². The molecule has 5 rings (SSSR count). The number of aromatic nitrogens is 1. The van der Waals surface area contributed by atoms with Gasteiger partial charge in [-0.05, 0) is 49.6 Å². The number of carbonyl (C=O) groups excluding carboxylic acids is 2. The Balaban J connectivity index is 1.41. The third kappa shape index (κ3) is 5.39. The van der Waals surface area contributed by atoms with E-state index in [2.05, 4.69) is 22.3 Å². The average molecular weight is 494 g/mol. The van der Waals surface area contributed by atoms with Crippen molar-refractivity contribution in [1.82, 2.24) is 9.88 Å². The first-order chi connectivity index (χ1) is 17.9. The smallest absolute Gasteiger partial charge is 0.339 e. The fraction of sp³-hybridized carbons (Fsp3) is 0.258. The molecule has 6 nitrogen and oxygen atoms in total. The van der Waals surface area contributed by atoms with E-state index in [4.69, 9.17) is 9.72 Å². The lowest BCUT2D eigenvalue weighted by molar-refractivity contribution is -0.123. The molecule has 1 aliphatic rings. The molecular formula is C31H31N3O3. The maximum absolute atomic E-state index is 13.6. The van der Waals surface area contributed by atoms with Crippen molar-refractivity contribution in [2.24, 2.45) is 0 Å². The third-order valence-electron chi connectivity index (χ3n) is 6.88. The number of anilines is 1. The van der Waals surface area contributed by atoms with Crippen LogP contribution in [0, 0.1) is 13.8 Å². The van der Waals surface area contributed by atoms with E-state index in [1.54, 1.807) is 6.92 Å². The van der Waals surface area contributed by atoms with Gasteiger partial charge in [-0.15, -0.1) is 0 Å². The number of amides is 1. The maximum atomic E-state index is 13.6. The van der Waals surface area contributed by atoms with Gasteiger partial charge in [-0.2, -0.15) is 0 Å². The van der Waals surface area contributed by atoms with Crippen LogP contribution in [-0.2, 0) is 29.0 Å². The van der Waals surface area contributed by atoms with Crippen LogP contribution in [0.3, 0.4) is 0 Å². The van der Waals surface area contributed by atoms with Gasteiger partial charge >= 0.3 is 5.97 Å². The SMILES string of the molecule is Cc1ccc(C)c(NC(=O)C(C)OC(=O)c2c3c(nc4ccccc24)CCN(Cc2ccccc2)C3)c1. The van der Waals surface area contributed by atoms with Crippen molar-refractivity contribution >= 4 is 28.5 Å². The molecule has 3 aromatic carbocycles. The van der Waals surface area contributed by atoms with E-state index in [-0.39, 0.29) is 5.91 Å². The fourth-order valence-corrected chi connectivity index (χ4v) is 4.83. The highest BCUT2D eigenvalue weighted by Crippen LogP contribution is 2.30. The molecule has 1 amide bonds. The molecule has 1 unspecified atom stereocenters. The molecule has 2 heterocycles. The standard InChI is InChI=1S/C31H31N3O3/c1-20-13-14-21(2)28(17-20)33-30(35)22(3)37-31(36)29-24-11-7-8-12-26(24)32-27-15-16-34(19-25(27)29)18-23-9-5-4-6-10-23/h4-14,17,22H,15-16,18-19H2,1-3H3,(H,33,35). The Morgan fingerprint density at radius 2 is 1.78 bits per heavy atom. The van der Waals surface area contributed by atoms with Crippen LogP contribution in [0.2, 0.25) is 0 Å². The number of pyridine rings is 1. The summed E-state index contributed by atoms with van der Waals surface area (Å²) in [6, 6.07) is 23.8. The van der Waals surface area contributed by atoms with Gasteiger partial charge in [0.25, 0.3) is 5.91 Å². The van der Waals surface area contributed by atoms with Crippen LogP contribution in [0.5, 0.6) is 0 Å². The van der Waals surface area contributed by atoms with Crippen LogP contribution >= 0.6 is 0 Å². The monoisotopic (exact) mass is 493 g/mol. The number of esters is 1. The molecule has 37 heavy (non-hydrogen) atoms. The van der Waals surface area contributed by atoms with Crippen molar-refractivity contribution in [3.63, 3.8) is 0 Å². The third-order valence-corrected chi connectivity index (χ3v) is 6.88. The molecule has 6 heteroatoms. The zero-order valence-corrected chi connectivity index (χ0v) is 21.5. The molecule has 1 aliphatic heterocycles. The van der Waals surface area contributed by atoms with Gasteiger partial charge in [-0.1, -0.05) is 60.7 Å². The van der Waals surface area contributed by atoms with Crippen LogP contribution in [0.1, 0.15) is 45.2 Å². The predicted octanol–water partition coefficient (Wildman–Crippen LogP) is 5.59. The minimum atomic E-state index is -0.959. The van der Waals surface area contributed by atoms with Crippen LogP contribution in [0.4, 0.5) is 5.69 Å². The van der Waals surface area contributed by atoms with Gasteiger partial charge in [0, 0.05) is 48.4 Å². The Morgan fingerprint density at radius 1 is 1.03 bits per heavy atom. The average Bonchev–Trinajstić information content (AvgIpc) is 2.90. The van der Waals surface area contributed by atoms with Gasteiger partial charge in [-0.25, -0.2) is 4.79 Å². The number of fused-ring (bicyclic) bond motifs is 2. The van der Waals surface area contributed by atoms with E-state index in [9.17, 15) is 9.59 Å². The van der Waals surface area contributed by atoms with Crippen LogP contribution in [0.15, 0.2) is 72.8 Å². The number of para-hydroxylation sites is 1. The van der Waals surface area contributed by atoms with Crippen LogP contribution in [0.25, 0.3) is 10.9 Å². The number of rotatable bonds is 6. The number of ether oxygens (including phenoxy) is 1. The summed E-state index contributed by atoms with van der Waals surface area (Å²) in [6.45, 7) is 7.75. The van der Waals surface area contributed by atoms with E-state index in [1.165, 1.54) is 5.56 Å². The Kier molecular flexibility index (Phi) is 7.01. The maximum Gasteiger partial charge on any atom is 0.339 e. The van der Waals surface area contributed by atoms with Crippen molar-refractivity contribution in [3.8, 4) is 0 Å². The second-order valence-corrected chi connectivity index (χ2v) is 9.73. The highest BCUT2D eigenvalue weighted by molar-refractivity contribution is 6.06. The molecule has 4 aromatic rings. The first-order valence-corrected chi connectivity index (χ1v) is 12.6. The molecule has 188 valence electrons. The van der Waals surface area contributed by atoms with Gasteiger partial charge in [0.1, 0.15) is 0 Å². The molecule has 0 saturated heterocycles. The summed E-state index contributed by atoms with van der Waals surface area (Å²) in [7, 11) is 0. The van der Waals surface area contributed by atoms with E-state index in [0.29, 0.717) is 12.1 Å². The zero-order valence-electron chi connectivity index (χ0n) is 21.5. The summed E-state index contributed by atoms with van der Waals surface area (Å²) in [5.74, 6) is -0.861. The van der Waals surface area contributed by atoms with Crippen molar-refractivity contribution < 1.29 is 14.3 Å². The Labute approximate surface area is 217 Å². The van der Waals surface area contributed by atoms with Crippen LogP contribution < -0.4 is 5.32 Å². The molecular weight excluding hydrogens is 462 g/mol. The molecule has 0 spiro atoms. The number of benzene rings is 3. The first-order valence-electron chi connectivity index (χ1n) is 12.6. The summed E-state index contributed by atoms with van der Waals surface area (Å²) in [4.78, 5) is 33.8. The van der Waals surface area contributed by atoms with E-state index in [0.717, 1.165) is 58.5 Å². The summed E-state index contributed by atoms with van der Waals surface area (Å²) in [5, 5.41) is 3.65. The highest BCUT2D eigenvalue weighted by atomic mass is 16.5. The summed E-state index contributed by atoms with van der Waals surface area (Å²) < 4.78 is 5.77. The zero-order chi connectivity index (χ0) is 25.9. The molecule has 1 N–H and O–H groups in total. The number of nitrogens with zero attached hydrogens (tertiary/aromatic N) is 2. The lowest BCUT2D eigenvalue weighted by Gasteiger charge is -2.30. The van der Waals surface area contributed by atoms with Crippen molar-refractivity contribution in [1.29, 1.82) is 0 Å². The number of carbonyl (C=O) groups is 2. The quantitative estimate of drug-likeness (QED) is 0.354. The molecule has 1 atom stereocenters. The lowest BCUT2D eigenvalue weighted by Crippen LogP contribution is -2.34. The summed E-state index contributed by atoms with van der Waals surface area (Å²) >= 11 is 0. The topological polar surface area (TPSA) is 71.5 Å². The molecule has 0 aliphatic carbocycles. The first kappa shape index (κ1) is 24.7. The number of hydrogen-bond acceptors (Lipinski definition) is 5. The summed E-state index contributed by atoms with van der Waals surface area (Å²) in [6.07, 6.45) is -0.213. The Bertz CT molecular complexity index is 1470. The summed E-state index contributed by atoms with van der Waals surface area (Å²) in [5.41, 5.74) is 7.00. The number of hydrogen-bond donors (Lipinski definition) is 1. The Hall–Kier alpha value is -4.03. The molecule has 0 fully saturated rings. The van der Waals surface area contributed by atoms with Crippen LogP contribution in [-0.4, -0.2) is 34.4 Å². The normalized spacial score (nSPS) is 14.1. The largest absolute Gasteiger partial charge is 0.449 e. The molecule has 0 bridgehead atoms. The second-order valence-electron chi connectivity index (χ2n) is 9.73. The lowest BCUT2D eigenvalue weighted by atomic mass is 9.95. The van der Waals surface area contributed by atoms with Gasteiger partial charge in [0.2, 0.25) is 0 Å². The minimum absolute atomic E-state index is 0.361.